The number of aryl methyl sites for hydroxylation is 1. The highest BCUT2D eigenvalue weighted by Gasteiger charge is 2.31. The molecular weight excluding hydrogens is 324 g/mol. The van der Waals surface area contributed by atoms with E-state index in [9.17, 15) is 4.79 Å². The van der Waals surface area contributed by atoms with Crippen molar-refractivity contribution >= 4 is 33.3 Å². The number of aromatic nitrogens is 2. The van der Waals surface area contributed by atoms with E-state index in [-0.39, 0.29) is 11.8 Å². The van der Waals surface area contributed by atoms with Crippen LogP contribution in [0.1, 0.15) is 17.7 Å². The van der Waals surface area contributed by atoms with Crippen LogP contribution in [0.2, 0.25) is 0 Å². The third-order valence-electron chi connectivity index (χ3n) is 4.82. The average molecular weight is 346 g/mol. The summed E-state index contributed by atoms with van der Waals surface area (Å²) in [5.41, 5.74) is 0. The highest BCUT2D eigenvalue weighted by Crippen LogP contribution is 2.32. The normalized spacial score (nSPS) is 22.1. The molecule has 7 heteroatoms. The van der Waals surface area contributed by atoms with Gasteiger partial charge in [0.2, 0.25) is 5.91 Å². The molecule has 0 aliphatic carbocycles. The maximum atomic E-state index is 12.8. The minimum absolute atomic E-state index is 0.0570. The molecule has 2 aromatic heterocycles. The van der Waals surface area contributed by atoms with Gasteiger partial charge in [-0.15, -0.1) is 11.3 Å². The van der Waals surface area contributed by atoms with Crippen molar-refractivity contribution in [3.8, 4) is 0 Å². The van der Waals surface area contributed by atoms with Crippen LogP contribution in [0.25, 0.3) is 10.2 Å². The molecule has 2 aromatic rings. The lowest BCUT2D eigenvalue weighted by Gasteiger charge is -2.36. The van der Waals surface area contributed by atoms with Crippen LogP contribution in [-0.4, -0.2) is 60.2 Å². The zero-order valence-electron chi connectivity index (χ0n) is 13.9. The predicted molar refractivity (Wildman–Crippen MR) is 94.5 cm³/mol. The maximum Gasteiger partial charge on any atom is 0.227 e. The number of hydrogen-bond donors (Lipinski definition) is 0. The molecule has 2 aliphatic rings. The Hall–Kier alpha value is -1.73. The van der Waals surface area contributed by atoms with Gasteiger partial charge in [0.15, 0.2) is 0 Å². The first-order valence-corrected chi connectivity index (χ1v) is 9.36. The lowest BCUT2D eigenvalue weighted by Crippen LogP contribution is -2.48. The lowest BCUT2D eigenvalue weighted by atomic mass is 9.96. The monoisotopic (exact) mass is 346 g/mol. The molecule has 2 aliphatic heterocycles. The number of thiophene rings is 1. The number of fused-ring (bicyclic) bond motifs is 1. The van der Waals surface area contributed by atoms with E-state index >= 15 is 0 Å². The Labute approximate surface area is 145 Å². The van der Waals surface area contributed by atoms with Crippen molar-refractivity contribution < 1.29 is 9.53 Å². The second-order valence-electron chi connectivity index (χ2n) is 6.50. The predicted octanol–water partition coefficient (Wildman–Crippen LogP) is 2.07. The number of amides is 1. The third kappa shape index (κ3) is 2.98. The van der Waals surface area contributed by atoms with E-state index < -0.39 is 0 Å². The summed E-state index contributed by atoms with van der Waals surface area (Å²) in [7, 11) is 0. The Morgan fingerprint density at radius 2 is 2.12 bits per heavy atom. The van der Waals surface area contributed by atoms with Gasteiger partial charge in [-0.2, -0.15) is 0 Å². The molecule has 1 atom stereocenters. The minimum atomic E-state index is 0.0570. The van der Waals surface area contributed by atoms with E-state index in [1.807, 2.05) is 4.90 Å². The van der Waals surface area contributed by atoms with Gasteiger partial charge < -0.3 is 14.5 Å². The molecule has 1 unspecified atom stereocenters. The second-order valence-corrected chi connectivity index (χ2v) is 7.73. The van der Waals surface area contributed by atoms with Crippen molar-refractivity contribution in [2.75, 3.05) is 44.3 Å². The van der Waals surface area contributed by atoms with E-state index in [0.29, 0.717) is 13.2 Å². The Kier molecular flexibility index (Phi) is 4.37. The summed E-state index contributed by atoms with van der Waals surface area (Å²) in [4.78, 5) is 28.2. The summed E-state index contributed by atoms with van der Waals surface area (Å²) in [6.45, 7) is 6.54. The van der Waals surface area contributed by atoms with Crippen LogP contribution in [0, 0.1) is 12.8 Å². The van der Waals surface area contributed by atoms with Gasteiger partial charge in [0, 0.05) is 31.1 Å². The smallest absolute Gasteiger partial charge is 0.227 e. The standard InChI is InChI=1S/C17H22N4O2S/c1-12-9-14-15(18-11-19-16(14)24-12)21-4-2-3-13(10-21)17(22)20-5-7-23-8-6-20/h9,11,13H,2-8,10H2,1H3. The second kappa shape index (κ2) is 6.64. The molecule has 4 rings (SSSR count). The molecule has 0 saturated carbocycles. The van der Waals surface area contributed by atoms with Gasteiger partial charge in [0.25, 0.3) is 0 Å². The van der Waals surface area contributed by atoms with Crippen molar-refractivity contribution in [3.63, 3.8) is 0 Å². The van der Waals surface area contributed by atoms with Crippen LogP contribution in [0.4, 0.5) is 5.82 Å². The van der Waals surface area contributed by atoms with E-state index in [2.05, 4.69) is 27.9 Å². The molecule has 2 fully saturated rings. The third-order valence-corrected chi connectivity index (χ3v) is 5.78. The van der Waals surface area contributed by atoms with Crippen molar-refractivity contribution in [3.05, 3.63) is 17.3 Å². The molecule has 0 radical (unpaired) electrons. The molecule has 0 bridgehead atoms. The summed E-state index contributed by atoms with van der Waals surface area (Å²) < 4.78 is 5.36. The van der Waals surface area contributed by atoms with E-state index in [1.54, 1.807) is 17.7 Å². The van der Waals surface area contributed by atoms with E-state index in [1.165, 1.54) is 4.88 Å². The van der Waals surface area contributed by atoms with Crippen LogP contribution in [0.15, 0.2) is 12.4 Å². The van der Waals surface area contributed by atoms with Gasteiger partial charge in [-0.05, 0) is 25.8 Å². The number of piperidine rings is 1. The van der Waals surface area contributed by atoms with Gasteiger partial charge >= 0.3 is 0 Å². The summed E-state index contributed by atoms with van der Waals surface area (Å²) in [6.07, 6.45) is 3.62. The minimum Gasteiger partial charge on any atom is -0.378 e. The number of nitrogens with zero attached hydrogens (tertiary/aromatic N) is 4. The zero-order valence-corrected chi connectivity index (χ0v) is 14.7. The van der Waals surface area contributed by atoms with Crippen LogP contribution >= 0.6 is 11.3 Å². The van der Waals surface area contributed by atoms with Crippen LogP contribution in [-0.2, 0) is 9.53 Å². The molecule has 128 valence electrons. The van der Waals surface area contributed by atoms with E-state index in [0.717, 1.165) is 55.1 Å². The quantitative estimate of drug-likeness (QED) is 0.833. The fourth-order valence-corrected chi connectivity index (χ4v) is 4.47. The van der Waals surface area contributed by atoms with Crippen molar-refractivity contribution in [2.24, 2.45) is 5.92 Å². The fourth-order valence-electron chi connectivity index (χ4n) is 3.63. The first kappa shape index (κ1) is 15.8. The Bertz CT molecular complexity index is 741. The van der Waals surface area contributed by atoms with Gasteiger partial charge in [-0.3, -0.25) is 4.79 Å². The first-order valence-electron chi connectivity index (χ1n) is 8.55. The first-order chi connectivity index (χ1) is 11.7. The van der Waals surface area contributed by atoms with Gasteiger partial charge in [0.05, 0.1) is 24.5 Å². The molecule has 4 heterocycles. The SMILES string of the molecule is Cc1cc2c(N3CCCC(C(=O)N4CCOCC4)C3)ncnc2s1. The van der Waals surface area contributed by atoms with Crippen molar-refractivity contribution in [2.45, 2.75) is 19.8 Å². The molecule has 0 spiro atoms. The number of ether oxygens (including phenoxy) is 1. The summed E-state index contributed by atoms with van der Waals surface area (Å²) in [5, 5.41) is 1.11. The van der Waals surface area contributed by atoms with Gasteiger partial charge in [-0.1, -0.05) is 0 Å². The zero-order chi connectivity index (χ0) is 16.5. The number of carbonyl (C=O) groups excluding carboxylic acids is 1. The van der Waals surface area contributed by atoms with Crippen LogP contribution in [0.3, 0.4) is 0 Å². The van der Waals surface area contributed by atoms with Crippen LogP contribution < -0.4 is 4.90 Å². The molecular formula is C17H22N4O2S. The number of anilines is 1. The number of carbonyl (C=O) groups is 1. The summed E-state index contributed by atoms with van der Waals surface area (Å²) in [5.74, 6) is 1.31. The number of morpholine rings is 1. The maximum absolute atomic E-state index is 12.8. The average Bonchev–Trinajstić information content (AvgIpc) is 3.02. The molecule has 2 saturated heterocycles. The molecule has 6 nitrogen and oxygen atoms in total. The van der Waals surface area contributed by atoms with Crippen LogP contribution in [0.5, 0.6) is 0 Å². The molecule has 24 heavy (non-hydrogen) atoms. The number of hydrogen-bond acceptors (Lipinski definition) is 6. The molecule has 1 amide bonds. The Balaban J connectivity index is 1.54. The van der Waals surface area contributed by atoms with E-state index in [4.69, 9.17) is 4.74 Å². The lowest BCUT2D eigenvalue weighted by molar-refractivity contribution is -0.139. The van der Waals surface area contributed by atoms with Gasteiger partial charge in [-0.25, -0.2) is 9.97 Å². The summed E-state index contributed by atoms with van der Waals surface area (Å²) >= 11 is 1.69. The highest BCUT2D eigenvalue weighted by atomic mass is 32.1. The Morgan fingerprint density at radius 1 is 1.29 bits per heavy atom. The fraction of sp³-hybridized carbons (Fsp3) is 0.588. The summed E-state index contributed by atoms with van der Waals surface area (Å²) in [6, 6.07) is 2.16. The largest absolute Gasteiger partial charge is 0.378 e. The Morgan fingerprint density at radius 3 is 2.96 bits per heavy atom. The number of rotatable bonds is 2. The van der Waals surface area contributed by atoms with Crippen molar-refractivity contribution in [1.82, 2.24) is 14.9 Å². The van der Waals surface area contributed by atoms with Crippen molar-refractivity contribution in [1.29, 1.82) is 0 Å². The topological polar surface area (TPSA) is 58.6 Å². The molecule has 0 N–H and O–H groups in total. The van der Waals surface area contributed by atoms with Gasteiger partial charge in [0.1, 0.15) is 17.0 Å². The highest BCUT2D eigenvalue weighted by molar-refractivity contribution is 7.18. The molecule has 0 aromatic carbocycles.